The van der Waals surface area contributed by atoms with Crippen molar-refractivity contribution < 1.29 is 9.84 Å². The largest absolute Gasteiger partial charge is 0.504 e. The Morgan fingerprint density at radius 3 is 2.48 bits per heavy atom. The fourth-order valence-corrected chi connectivity index (χ4v) is 3.54. The predicted octanol–water partition coefficient (Wildman–Crippen LogP) is 6.18. The van der Waals surface area contributed by atoms with Crippen LogP contribution in [-0.4, -0.2) is 31.5 Å². The van der Waals surface area contributed by atoms with Crippen LogP contribution in [0.5, 0.6) is 11.5 Å². The zero-order valence-corrected chi connectivity index (χ0v) is 18.1. The van der Waals surface area contributed by atoms with Gasteiger partial charge in [-0.3, -0.25) is 4.99 Å². The summed E-state index contributed by atoms with van der Waals surface area (Å²) in [5, 5.41) is 11.0. The number of aliphatic imine (C=N–C) groups is 1. The van der Waals surface area contributed by atoms with E-state index in [0.717, 1.165) is 23.2 Å². The molecule has 0 bridgehead atoms. The minimum Gasteiger partial charge on any atom is -0.504 e. The van der Waals surface area contributed by atoms with E-state index >= 15 is 0 Å². The van der Waals surface area contributed by atoms with Crippen LogP contribution in [0.15, 0.2) is 38.2 Å². The number of hydrogen-bond donors (Lipinski definition) is 1. The minimum absolute atomic E-state index is 0.0205. The Balaban J connectivity index is 2.38. The van der Waals surface area contributed by atoms with Crippen LogP contribution in [-0.2, 0) is 0 Å². The van der Waals surface area contributed by atoms with Gasteiger partial charge in [-0.2, -0.15) is 0 Å². The summed E-state index contributed by atoms with van der Waals surface area (Å²) in [5.41, 5.74) is 2.21. The van der Waals surface area contributed by atoms with Crippen molar-refractivity contribution >= 4 is 61.1 Å². The van der Waals surface area contributed by atoms with Crippen molar-refractivity contribution in [3.05, 3.63) is 43.8 Å². The minimum atomic E-state index is 0.0205. The maximum atomic E-state index is 10.3. The summed E-state index contributed by atoms with van der Waals surface area (Å²) in [5.74, 6) is 0.388. The standard InChI is InChI=1S/C18H19Br2ClN2O2/c1-4-23(5-2)15-7-6-11(8-14(15)21)22-10-12-17(20)13(19)9-16(25-3)18(12)24/h6-10,24H,4-5H2,1-3H3. The normalized spacial score (nSPS) is 11.1. The summed E-state index contributed by atoms with van der Waals surface area (Å²) in [6, 6.07) is 7.35. The van der Waals surface area contributed by atoms with Gasteiger partial charge in [-0.05, 0) is 70.0 Å². The summed E-state index contributed by atoms with van der Waals surface area (Å²) >= 11 is 13.3. The van der Waals surface area contributed by atoms with Crippen LogP contribution in [0.3, 0.4) is 0 Å². The van der Waals surface area contributed by atoms with Gasteiger partial charge in [-0.15, -0.1) is 0 Å². The topological polar surface area (TPSA) is 45.1 Å². The first kappa shape index (κ1) is 20.1. The fraction of sp³-hybridized carbons (Fsp3) is 0.278. The average Bonchev–Trinajstić information content (AvgIpc) is 2.60. The van der Waals surface area contributed by atoms with Gasteiger partial charge in [0.05, 0.1) is 29.1 Å². The zero-order valence-electron chi connectivity index (χ0n) is 14.2. The van der Waals surface area contributed by atoms with Gasteiger partial charge in [0.25, 0.3) is 0 Å². The summed E-state index contributed by atoms with van der Waals surface area (Å²) < 4.78 is 6.63. The van der Waals surface area contributed by atoms with E-state index in [2.05, 4.69) is 55.6 Å². The van der Waals surface area contributed by atoms with Crippen LogP contribution in [0.1, 0.15) is 19.4 Å². The Labute approximate surface area is 169 Å². The molecule has 0 fully saturated rings. The predicted molar refractivity (Wildman–Crippen MR) is 112 cm³/mol. The molecule has 2 aromatic rings. The van der Waals surface area contributed by atoms with Gasteiger partial charge in [0.1, 0.15) is 0 Å². The molecular formula is C18H19Br2ClN2O2. The second-order valence-corrected chi connectivity index (χ2v) is 7.26. The number of benzene rings is 2. The molecular weight excluding hydrogens is 471 g/mol. The van der Waals surface area contributed by atoms with E-state index in [1.165, 1.54) is 7.11 Å². The molecule has 25 heavy (non-hydrogen) atoms. The smallest absolute Gasteiger partial charge is 0.167 e. The Bertz CT molecular complexity index is 793. The third-order valence-corrected chi connectivity index (χ3v) is 6.11. The third-order valence-electron chi connectivity index (χ3n) is 3.79. The summed E-state index contributed by atoms with van der Waals surface area (Å²) in [4.78, 5) is 6.61. The number of nitrogens with zero attached hydrogens (tertiary/aromatic N) is 2. The van der Waals surface area contributed by atoms with Crippen LogP contribution in [0.25, 0.3) is 0 Å². The Morgan fingerprint density at radius 1 is 1.24 bits per heavy atom. The average molecular weight is 491 g/mol. The monoisotopic (exact) mass is 488 g/mol. The molecule has 2 aromatic carbocycles. The lowest BCUT2D eigenvalue weighted by atomic mass is 10.2. The molecule has 4 nitrogen and oxygen atoms in total. The molecule has 0 saturated heterocycles. The molecule has 0 spiro atoms. The van der Waals surface area contributed by atoms with Gasteiger partial charge < -0.3 is 14.7 Å². The van der Waals surface area contributed by atoms with E-state index in [0.29, 0.717) is 26.5 Å². The van der Waals surface area contributed by atoms with E-state index in [1.807, 2.05) is 18.2 Å². The highest BCUT2D eigenvalue weighted by Gasteiger charge is 2.14. The lowest BCUT2D eigenvalue weighted by Crippen LogP contribution is -2.21. The third kappa shape index (κ3) is 4.49. The lowest BCUT2D eigenvalue weighted by molar-refractivity contribution is 0.372. The summed E-state index contributed by atoms with van der Waals surface area (Å²) in [6.07, 6.45) is 1.58. The van der Waals surface area contributed by atoms with E-state index in [1.54, 1.807) is 12.3 Å². The first-order valence-corrected chi connectivity index (χ1v) is 9.72. The van der Waals surface area contributed by atoms with Gasteiger partial charge in [-0.25, -0.2) is 0 Å². The number of aromatic hydroxyl groups is 1. The SMILES string of the molecule is CCN(CC)c1ccc(N=Cc2c(O)c(OC)cc(Br)c2Br)cc1Cl. The molecule has 0 heterocycles. The van der Waals surface area contributed by atoms with E-state index in [9.17, 15) is 5.11 Å². The molecule has 0 saturated carbocycles. The van der Waals surface area contributed by atoms with Crippen molar-refractivity contribution in [2.24, 2.45) is 4.99 Å². The summed E-state index contributed by atoms with van der Waals surface area (Å²) in [6.45, 7) is 5.95. The van der Waals surface area contributed by atoms with Crippen molar-refractivity contribution in [1.29, 1.82) is 0 Å². The first-order valence-electron chi connectivity index (χ1n) is 7.76. The van der Waals surface area contributed by atoms with E-state index in [4.69, 9.17) is 16.3 Å². The van der Waals surface area contributed by atoms with E-state index in [-0.39, 0.29) is 5.75 Å². The molecule has 0 aromatic heterocycles. The van der Waals surface area contributed by atoms with Crippen molar-refractivity contribution in [3.63, 3.8) is 0 Å². The number of hydrogen-bond acceptors (Lipinski definition) is 4. The van der Waals surface area contributed by atoms with Crippen molar-refractivity contribution in [2.45, 2.75) is 13.8 Å². The number of rotatable bonds is 6. The number of methoxy groups -OCH3 is 1. The number of ether oxygens (including phenoxy) is 1. The van der Waals surface area contributed by atoms with Crippen LogP contribution in [0.2, 0.25) is 5.02 Å². The fourth-order valence-electron chi connectivity index (χ4n) is 2.42. The highest BCUT2D eigenvalue weighted by atomic mass is 79.9. The van der Waals surface area contributed by atoms with Crippen molar-refractivity contribution in [2.75, 3.05) is 25.1 Å². The molecule has 134 valence electrons. The van der Waals surface area contributed by atoms with Gasteiger partial charge in [0.15, 0.2) is 11.5 Å². The highest BCUT2D eigenvalue weighted by molar-refractivity contribution is 9.13. The van der Waals surface area contributed by atoms with E-state index < -0.39 is 0 Å². The molecule has 1 N–H and O–H groups in total. The van der Waals surface area contributed by atoms with Crippen LogP contribution in [0.4, 0.5) is 11.4 Å². The number of halogens is 3. The zero-order chi connectivity index (χ0) is 18.6. The molecule has 0 aliphatic heterocycles. The van der Waals surface area contributed by atoms with Crippen molar-refractivity contribution in [1.82, 2.24) is 0 Å². The van der Waals surface area contributed by atoms with Crippen LogP contribution >= 0.6 is 43.5 Å². The Kier molecular flexibility index (Phi) is 7.16. The second kappa shape index (κ2) is 8.92. The van der Waals surface area contributed by atoms with Crippen LogP contribution < -0.4 is 9.64 Å². The second-order valence-electron chi connectivity index (χ2n) is 5.20. The quantitative estimate of drug-likeness (QED) is 0.492. The first-order chi connectivity index (χ1) is 11.9. The molecule has 0 aliphatic rings. The van der Waals surface area contributed by atoms with Gasteiger partial charge in [0, 0.05) is 28.2 Å². The van der Waals surface area contributed by atoms with Gasteiger partial charge in [-0.1, -0.05) is 11.6 Å². The molecule has 0 amide bonds. The number of phenols is 1. The molecule has 0 unspecified atom stereocenters. The van der Waals surface area contributed by atoms with Gasteiger partial charge in [0.2, 0.25) is 0 Å². The molecule has 0 radical (unpaired) electrons. The van der Waals surface area contributed by atoms with Crippen LogP contribution in [0, 0.1) is 0 Å². The Hall–Kier alpha value is -1.24. The lowest BCUT2D eigenvalue weighted by Gasteiger charge is -2.22. The molecule has 0 atom stereocenters. The maximum absolute atomic E-state index is 10.3. The molecule has 0 aliphatic carbocycles. The van der Waals surface area contributed by atoms with Gasteiger partial charge >= 0.3 is 0 Å². The number of anilines is 1. The maximum Gasteiger partial charge on any atom is 0.167 e. The highest BCUT2D eigenvalue weighted by Crippen LogP contribution is 2.40. The molecule has 2 rings (SSSR count). The summed E-state index contributed by atoms with van der Waals surface area (Å²) in [7, 11) is 1.50. The number of phenolic OH excluding ortho intramolecular Hbond substituents is 1. The molecule has 7 heteroatoms. The Morgan fingerprint density at radius 2 is 1.92 bits per heavy atom. The van der Waals surface area contributed by atoms with Crippen molar-refractivity contribution in [3.8, 4) is 11.5 Å².